The molecule has 0 saturated carbocycles. The number of nitrogens with zero attached hydrogens (tertiary/aromatic N) is 1. The van der Waals surface area contributed by atoms with Crippen molar-refractivity contribution in [3.8, 4) is 27.9 Å². The molecule has 2 aromatic heterocycles. The van der Waals surface area contributed by atoms with Gasteiger partial charge >= 0.3 is 0 Å². The van der Waals surface area contributed by atoms with Gasteiger partial charge in [-0.1, -0.05) is 131 Å². The van der Waals surface area contributed by atoms with Gasteiger partial charge in [0.1, 0.15) is 11.2 Å². The van der Waals surface area contributed by atoms with Gasteiger partial charge in [-0.25, -0.2) is 0 Å². The van der Waals surface area contributed by atoms with Crippen molar-refractivity contribution in [2.45, 2.75) is 45.4 Å². The van der Waals surface area contributed by atoms with Crippen molar-refractivity contribution >= 4 is 84.1 Å². The van der Waals surface area contributed by atoms with Gasteiger partial charge in [-0.2, -0.15) is 0 Å². The summed E-state index contributed by atoms with van der Waals surface area (Å²) < 4.78 is 9.06. The Balaban J connectivity index is 1.15. The van der Waals surface area contributed by atoms with Crippen molar-refractivity contribution in [2.24, 2.45) is 0 Å². The lowest BCUT2D eigenvalue weighted by molar-refractivity contribution is 0.590. The average molecular weight is 732 g/mol. The zero-order valence-electron chi connectivity index (χ0n) is 32.8. The van der Waals surface area contributed by atoms with E-state index in [1.54, 1.807) is 0 Å². The minimum atomic E-state index is -0.0971. The molecule has 57 heavy (non-hydrogen) atoms. The highest BCUT2D eigenvalue weighted by molar-refractivity contribution is 6.73. The second-order valence-electron chi connectivity index (χ2n) is 17.7. The highest BCUT2D eigenvalue weighted by Gasteiger charge is 2.37. The molecule has 0 unspecified atom stereocenters. The predicted octanol–water partition coefficient (Wildman–Crippen LogP) is 12.8. The Hall–Kier alpha value is -6.52. The molecule has 3 heterocycles. The summed E-state index contributed by atoms with van der Waals surface area (Å²) in [5, 5.41) is 11.1. The van der Waals surface area contributed by atoms with Gasteiger partial charge in [0.2, 0.25) is 0 Å². The Bertz CT molecular complexity index is 3350. The molecule has 0 saturated heterocycles. The van der Waals surface area contributed by atoms with E-state index in [0.29, 0.717) is 0 Å². The Kier molecular flexibility index (Phi) is 6.48. The van der Waals surface area contributed by atoms with Crippen LogP contribution in [-0.4, -0.2) is 11.8 Å². The first-order valence-electron chi connectivity index (χ1n) is 20.1. The number of hydrogen-bond donors (Lipinski definition) is 1. The molecule has 3 nitrogen and oxygen atoms in total. The minimum absolute atomic E-state index is 0.0858. The van der Waals surface area contributed by atoms with Crippen LogP contribution in [0.4, 0.5) is 11.4 Å². The normalized spacial score (nSPS) is 14.0. The second kappa shape index (κ2) is 11.3. The van der Waals surface area contributed by atoms with Gasteiger partial charge in [0.15, 0.2) is 7.28 Å². The quantitative estimate of drug-likeness (QED) is 0.183. The van der Waals surface area contributed by atoms with Crippen LogP contribution in [0.5, 0.6) is 0 Å². The van der Waals surface area contributed by atoms with Crippen LogP contribution >= 0.6 is 0 Å². The van der Waals surface area contributed by atoms with E-state index in [-0.39, 0.29) is 10.8 Å². The van der Waals surface area contributed by atoms with Crippen molar-refractivity contribution in [3.05, 3.63) is 162 Å². The third-order valence-electron chi connectivity index (χ3n) is 12.9. The van der Waals surface area contributed by atoms with E-state index in [1.165, 1.54) is 82.7 Å². The average Bonchev–Trinajstić information content (AvgIpc) is 3.82. The molecule has 1 aliphatic heterocycles. The van der Waals surface area contributed by atoms with E-state index in [4.69, 9.17) is 4.42 Å². The van der Waals surface area contributed by atoms with Crippen LogP contribution in [-0.2, 0) is 10.8 Å². The third-order valence-corrected chi connectivity index (χ3v) is 12.9. The largest absolute Gasteiger partial charge is 0.456 e. The fraction of sp³-hybridized carbons (Fsp3) is 0.132. The van der Waals surface area contributed by atoms with Crippen molar-refractivity contribution in [1.29, 1.82) is 0 Å². The van der Waals surface area contributed by atoms with Crippen LogP contribution < -0.4 is 16.2 Å². The summed E-state index contributed by atoms with van der Waals surface area (Å²) in [7, 11) is 2.41. The SMILES string of the molecule is CC(C)(C)c1ccc(Nc2cc3ccccc3cc2-c2ccc3c4cc5c(cc4n4c3c2[B]c2cc3oc6ccccc6c3cc2-4)-c2ccccc2C5(C)C)cc1. The molecule has 0 bridgehead atoms. The zero-order valence-corrected chi connectivity index (χ0v) is 32.8. The maximum absolute atomic E-state index is 6.51. The fourth-order valence-corrected chi connectivity index (χ4v) is 9.97. The number of furan rings is 1. The van der Waals surface area contributed by atoms with E-state index >= 15 is 0 Å². The van der Waals surface area contributed by atoms with Crippen molar-refractivity contribution < 1.29 is 4.42 Å². The fourth-order valence-electron chi connectivity index (χ4n) is 9.97. The topological polar surface area (TPSA) is 30.1 Å². The summed E-state index contributed by atoms with van der Waals surface area (Å²) in [6.45, 7) is 11.5. The monoisotopic (exact) mass is 731 g/mol. The summed E-state index contributed by atoms with van der Waals surface area (Å²) in [6, 6.07) is 53.9. The molecule has 0 amide bonds. The Morgan fingerprint density at radius 3 is 2.16 bits per heavy atom. The Labute approximate surface area is 332 Å². The molecule has 271 valence electrons. The van der Waals surface area contributed by atoms with E-state index in [1.807, 2.05) is 0 Å². The Morgan fingerprint density at radius 2 is 1.33 bits per heavy atom. The summed E-state index contributed by atoms with van der Waals surface area (Å²) in [6.07, 6.45) is 0. The maximum Gasteiger partial charge on any atom is 0.198 e. The van der Waals surface area contributed by atoms with Crippen molar-refractivity contribution in [1.82, 2.24) is 4.57 Å². The molecule has 1 N–H and O–H groups in total. The standard InChI is InChI=1S/C53H40BN2O/c1-52(2,3)32-18-20-33(21-19-32)55-45-25-31-13-7-6-12-30(31)24-39(45)36-22-23-37-40-26-43-38(34-14-8-10-16-42(34)53(43,4)5)27-46(40)56-47-28-41-35-15-9-11-17-48(35)57-49(41)29-44(47)54-50(36)51(37)56/h6-29,55H,1-5H3. The van der Waals surface area contributed by atoms with E-state index in [0.717, 1.165) is 38.8 Å². The van der Waals surface area contributed by atoms with E-state index < -0.39 is 0 Å². The summed E-state index contributed by atoms with van der Waals surface area (Å²) in [5.74, 6) is 0. The van der Waals surface area contributed by atoms with Crippen molar-refractivity contribution in [2.75, 3.05) is 5.32 Å². The number of aromatic nitrogens is 1. The summed E-state index contributed by atoms with van der Waals surface area (Å²) in [4.78, 5) is 0. The molecule has 0 fully saturated rings. The van der Waals surface area contributed by atoms with Gasteiger partial charge in [-0.15, -0.1) is 0 Å². The predicted molar refractivity (Wildman–Crippen MR) is 242 cm³/mol. The van der Waals surface area contributed by atoms with Gasteiger partial charge in [0, 0.05) is 55.1 Å². The number of para-hydroxylation sites is 1. The highest BCUT2D eigenvalue weighted by atomic mass is 16.3. The lowest BCUT2D eigenvalue weighted by atomic mass is 9.59. The third kappa shape index (κ3) is 4.62. The molecular formula is C53H40BN2O. The molecule has 1 radical (unpaired) electrons. The van der Waals surface area contributed by atoms with Gasteiger partial charge in [-0.3, -0.25) is 0 Å². The number of benzene rings is 8. The van der Waals surface area contributed by atoms with Crippen LogP contribution in [0, 0.1) is 0 Å². The number of fused-ring (bicyclic) bond motifs is 12. The first-order valence-corrected chi connectivity index (χ1v) is 20.1. The lowest BCUT2D eigenvalue weighted by Gasteiger charge is -2.24. The molecule has 0 atom stereocenters. The molecule has 8 aromatic carbocycles. The number of nitrogens with one attached hydrogen (secondary N) is 1. The number of anilines is 2. The number of hydrogen-bond acceptors (Lipinski definition) is 2. The molecule has 2 aliphatic rings. The smallest absolute Gasteiger partial charge is 0.198 e. The van der Waals surface area contributed by atoms with Gasteiger partial charge in [0.05, 0.1) is 5.52 Å². The van der Waals surface area contributed by atoms with Gasteiger partial charge in [-0.05, 0) is 110 Å². The molecule has 4 heteroatoms. The highest BCUT2D eigenvalue weighted by Crippen LogP contribution is 2.51. The van der Waals surface area contributed by atoms with Crippen LogP contribution in [0.2, 0.25) is 0 Å². The van der Waals surface area contributed by atoms with E-state index in [2.05, 4.69) is 197 Å². The Morgan fingerprint density at radius 1 is 0.579 bits per heavy atom. The van der Waals surface area contributed by atoms with Crippen LogP contribution in [0.15, 0.2) is 150 Å². The van der Waals surface area contributed by atoms with Gasteiger partial charge < -0.3 is 14.3 Å². The molecule has 1 aliphatic carbocycles. The summed E-state index contributed by atoms with van der Waals surface area (Å²) >= 11 is 0. The molecule has 10 aromatic rings. The van der Waals surface area contributed by atoms with Crippen LogP contribution in [0.25, 0.3) is 82.5 Å². The minimum Gasteiger partial charge on any atom is -0.456 e. The first-order chi connectivity index (χ1) is 27.6. The van der Waals surface area contributed by atoms with Crippen LogP contribution in [0.1, 0.15) is 51.3 Å². The van der Waals surface area contributed by atoms with Gasteiger partial charge in [0.25, 0.3) is 0 Å². The second-order valence-corrected chi connectivity index (χ2v) is 17.7. The number of rotatable bonds is 3. The molecular weight excluding hydrogens is 691 g/mol. The first kappa shape index (κ1) is 32.7. The van der Waals surface area contributed by atoms with Crippen molar-refractivity contribution in [3.63, 3.8) is 0 Å². The molecule has 0 spiro atoms. The lowest BCUT2D eigenvalue weighted by Crippen LogP contribution is -2.37. The summed E-state index contributed by atoms with van der Waals surface area (Å²) in [5.41, 5.74) is 19.1. The molecule has 12 rings (SSSR count). The maximum atomic E-state index is 6.51. The zero-order chi connectivity index (χ0) is 38.4. The van der Waals surface area contributed by atoms with Crippen LogP contribution in [0.3, 0.4) is 0 Å². The van der Waals surface area contributed by atoms with E-state index in [9.17, 15) is 0 Å².